The van der Waals surface area contributed by atoms with Gasteiger partial charge in [-0.15, -0.1) is 0 Å². The van der Waals surface area contributed by atoms with Crippen LogP contribution in [0.5, 0.6) is 0 Å². The minimum atomic E-state index is -0.415. The zero-order chi connectivity index (χ0) is 14.7. The van der Waals surface area contributed by atoms with E-state index in [0.29, 0.717) is 12.8 Å². The fourth-order valence-electron chi connectivity index (χ4n) is 2.89. The van der Waals surface area contributed by atoms with E-state index in [0.717, 1.165) is 23.6 Å². The first-order valence-corrected chi connectivity index (χ1v) is 7.72. The Balaban J connectivity index is 1.65. The summed E-state index contributed by atoms with van der Waals surface area (Å²) in [5.74, 6) is 0. The second-order valence-corrected chi connectivity index (χ2v) is 5.96. The van der Waals surface area contributed by atoms with Gasteiger partial charge in [0.2, 0.25) is 0 Å². The quantitative estimate of drug-likeness (QED) is 0.926. The number of fused-ring (bicyclic) bond motifs is 1. The van der Waals surface area contributed by atoms with Crippen molar-refractivity contribution in [3.05, 3.63) is 70.2 Å². The van der Waals surface area contributed by atoms with Crippen LogP contribution in [-0.4, -0.2) is 17.8 Å². The maximum atomic E-state index is 10.3. The Hall–Kier alpha value is -1.35. The van der Waals surface area contributed by atoms with E-state index in [1.807, 2.05) is 30.3 Å². The van der Waals surface area contributed by atoms with Gasteiger partial charge in [-0.3, -0.25) is 0 Å². The van der Waals surface area contributed by atoms with E-state index in [9.17, 15) is 5.11 Å². The Labute approximate surface area is 130 Å². The lowest BCUT2D eigenvalue weighted by Gasteiger charge is -2.27. The van der Waals surface area contributed by atoms with Gasteiger partial charge in [-0.25, -0.2) is 0 Å². The van der Waals surface area contributed by atoms with Crippen molar-refractivity contribution in [1.82, 2.24) is 0 Å². The van der Waals surface area contributed by atoms with Crippen molar-refractivity contribution >= 4 is 11.6 Å². The standard InChI is InChI=1S/C18H19ClO2/c19-15-7-5-13(6-8-15)11-16(20)12-18-17-4-2-1-3-14(17)9-10-21-18/h1-8,16,18,20H,9-12H2. The van der Waals surface area contributed by atoms with E-state index >= 15 is 0 Å². The van der Waals surface area contributed by atoms with E-state index in [2.05, 4.69) is 18.2 Å². The highest BCUT2D eigenvalue weighted by molar-refractivity contribution is 6.30. The molecule has 0 aliphatic carbocycles. The molecule has 0 radical (unpaired) electrons. The van der Waals surface area contributed by atoms with Crippen molar-refractivity contribution in [3.8, 4) is 0 Å². The number of aliphatic hydroxyl groups is 1. The molecule has 21 heavy (non-hydrogen) atoms. The van der Waals surface area contributed by atoms with Crippen LogP contribution in [0.3, 0.4) is 0 Å². The SMILES string of the molecule is OC(Cc1ccc(Cl)cc1)CC1OCCc2ccccc21. The Bertz CT molecular complexity index is 594. The molecule has 2 nitrogen and oxygen atoms in total. The van der Waals surface area contributed by atoms with Crippen molar-refractivity contribution in [2.24, 2.45) is 0 Å². The molecule has 3 heteroatoms. The van der Waals surface area contributed by atoms with E-state index in [1.165, 1.54) is 11.1 Å². The van der Waals surface area contributed by atoms with Crippen molar-refractivity contribution in [1.29, 1.82) is 0 Å². The van der Waals surface area contributed by atoms with Crippen LogP contribution in [0, 0.1) is 0 Å². The monoisotopic (exact) mass is 302 g/mol. The molecule has 1 heterocycles. The summed E-state index contributed by atoms with van der Waals surface area (Å²) in [4.78, 5) is 0. The Morgan fingerprint density at radius 1 is 1.14 bits per heavy atom. The Morgan fingerprint density at radius 2 is 1.90 bits per heavy atom. The first-order valence-electron chi connectivity index (χ1n) is 7.34. The first-order chi connectivity index (χ1) is 10.2. The molecule has 2 atom stereocenters. The van der Waals surface area contributed by atoms with Crippen molar-refractivity contribution in [2.75, 3.05) is 6.61 Å². The van der Waals surface area contributed by atoms with Crippen molar-refractivity contribution in [3.63, 3.8) is 0 Å². The molecule has 0 amide bonds. The minimum Gasteiger partial charge on any atom is -0.393 e. The molecule has 0 saturated carbocycles. The first kappa shape index (κ1) is 14.6. The number of hydrogen-bond donors (Lipinski definition) is 1. The van der Waals surface area contributed by atoms with E-state index in [1.54, 1.807) is 0 Å². The smallest absolute Gasteiger partial charge is 0.0852 e. The summed E-state index contributed by atoms with van der Waals surface area (Å²) >= 11 is 5.88. The van der Waals surface area contributed by atoms with Crippen LogP contribution in [0.4, 0.5) is 0 Å². The molecule has 0 aromatic heterocycles. The van der Waals surface area contributed by atoms with Crippen LogP contribution in [0.15, 0.2) is 48.5 Å². The summed E-state index contributed by atoms with van der Waals surface area (Å²) in [5.41, 5.74) is 3.65. The van der Waals surface area contributed by atoms with Crippen LogP contribution < -0.4 is 0 Å². The second kappa shape index (κ2) is 6.61. The second-order valence-electron chi connectivity index (χ2n) is 5.53. The molecular weight excluding hydrogens is 284 g/mol. The van der Waals surface area contributed by atoms with Gasteiger partial charge in [0, 0.05) is 11.4 Å². The predicted molar refractivity (Wildman–Crippen MR) is 84.6 cm³/mol. The number of rotatable bonds is 4. The highest BCUT2D eigenvalue weighted by Gasteiger charge is 2.23. The molecule has 2 aromatic rings. The van der Waals surface area contributed by atoms with Crippen LogP contribution >= 0.6 is 11.6 Å². The lowest BCUT2D eigenvalue weighted by atomic mass is 9.93. The average molecular weight is 303 g/mol. The third-order valence-corrected chi connectivity index (χ3v) is 4.22. The fraction of sp³-hybridized carbons (Fsp3) is 0.333. The number of hydrogen-bond acceptors (Lipinski definition) is 2. The average Bonchev–Trinajstić information content (AvgIpc) is 2.50. The van der Waals surface area contributed by atoms with Gasteiger partial charge in [0.1, 0.15) is 0 Å². The zero-order valence-corrected chi connectivity index (χ0v) is 12.6. The Kier molecular flexibility index (Phi) is 4.59. The predicted octanol–water partition coefficient (Wildman–Crippen LogP) is 3.95. The van der Waals surface area contributed by atoms with Gasteiger partial charge < -0.3 is 9.84 Å². The number of ether oxygens (including phenoxy) is 1. The van der Waals surface area contributed by atoms with Gasteiger partial charge in [0.25, 0.3) is 0 Å². The molecule has 110 valence electrons. The molecule has 0 fully saturated rings. The van der Waals surface area contributed by atoms with Gasteiger partial charge in [-0.2, -0.15) is 0 Å². The number of benzene rings is 2. The molecule has 2 unspecified atom stereocenters. The summed E-state index contributed by atoms with van der Waals surface area (Å²) < 4.78 is 5.85. The highest BCUT2D eigenvalue weighted by atomic mass is 35.5. The summed E-state index contributed by atoms with van der Waals surface area (Å²) in [6.07, 6.45) is 1.79. The zero-order valence-electron chi connectivity index (χ0n) is 11.8. The third-order valence-electron chi connectivity index (χ3n) is 3.96. The molecule has 0 spiro atoms. The topological polar surface area (TPSA) is 29.5 Å². The summed E-state index contributed by atoms with van der Waals surface area (Å²) in [5, 5.41) is 11.1. The van der Waals surface area contributed by atoms with Crippen LogP contribution in [0.2, 0.25) is 5.02 Å². The van der Waals surface area contributed by atoms with E-state index in [-0.39, 0.29) is 6.10 Å². The summed E-state index contributed by atoms with van der Waals surface area (Å²) in [7, 11) is 0. The molecular formula is C18H19ClO2. The molecule has 1 N–H and O–H groups in total. The molecule has 0 saturated heterocycles. The van der Waals surface area contributed by atoms with Gasteiger partial charge in [0.05, 0.1) is 18.8 Å². The maximum Gasteiger partial charge on any atom is 0.0852 e. The Morgan fingerprint density at radius 3 is 2.71 bits per heavy atom. The summed E-state index contributed by atoms with van der Waals surface area (Å²) in [6, 6.07) is 16.0. The van der Waals surface area contributed by atoms with Crippen molar-refractivity contribution < 1.29 is 9.84 Å². The lowest BCUT2D eigenvalue weighted by Crippen LogP contribution is -2.22. The maximum absolute atomic E-state index is 10.3. The van der Waals surface area contributed by atoms with E-state index < -0.39 is 6.10 Å². The normalized spacial score (nSPS) is 19.0. The fourth-order valence-corrected chi connectivity index (χ4v) is 3.02. The summed E-state index contributed by atoms with van der Waals surface area (Å²) in [6.45, 7) is 0.731. The molecule has 2 aromatic carbocycles. The van der Waals surface area contributed by atoms with Gasteiger partial charge in [-0.1, -0.05) is 48.0 Å². The van der Waals surface area contributed by atoms with Crippen LogP contribution in [-0.2, 0) is 17.6 Å². The van der Waals surface area contributed by atoms with Crippen LogP contribution in [0.25, 0.3) is 0 Å². The van der Waals surface area contributed by atoms with Gasteiger partial charge in [0.15, 0.2) is 0 Å². The number of halogens is 1. The minimum absolute atomic E-state index is 0.00255. The largest absolute Gasteiger partial charge is 0.393 e. The van der Waals surface area contributed by atoms with E-state index in [4.69, 9.17) is 16.3 Å². The van der Waals surface area contributed by atoms with Gasteiger partial charge >= 0.3 is 0 Å². The third kappa shape index (κ3) is 3.65. The van der Waals surface area contributed by atoms with Crippen LogP contribution in [0.1, 0.15) is 29.2 Å². The molecule has 3 rings (SSSR count). The molecule has 0 bridgehead atoms. The number of aliphatic hydroxyl groups excluding tert-OH is 1. The highest BCUT2D eigenvalue weighted by Crippen LogP contribution is 2.31. The lowest BCUT2D eigenvalue weighted by molar-refractivity contribution is 0.00456. The molecule has 1 aliphatic heterocycles. The van der Waals surface area contributed by atoms with Gasteiger partial charge in [-0.05, 0) is 41.7 Å². The van der Waals surface area contributed by atoms with Crippen molar-refractivity contribution in [2.45, 2.75) is 31.5 Å². The molecule has 1 aliphatic rings.